The van der Waals surface area contributed by atoms with Crippen molar-refractivity contribution in [2.45, 2.75) is 83.0 Å². The zero-order chi connectivity index (χ0) is 14.7. The highest BCUT2D eigenvalue weighted by molar-refractivity contribution is 7.09. The Balaban J connectivity index is 1.63. The van der Waals surface area contributed by atoms with Crippen LogP contribution in [-0.2, 0) is 6.42 Å². The Hall–Kier alpha value is -0.380. The van der Waals surface area contributed by atoms with Gasteiger partial charge in [-0.3, -0.25) is 4.90 Å². The van der Waals surface area contributed by atoms with Crippen LogP contribution in [0.1, 0.15) is 57.2 Å². The van der Waals surface area contributed by atoms with E-state index < -0.39 is 0 Å². The zero-order valence-electron chi connectivity index (χ0n) is 13.6. The summed E-state index contributed by atoms with van der Waals surface area (Å²) in [7, 11) is 0. The average Bonchev–Trinajstić information content (AvgIpc) is 2.96. The van der Waals surface area contributed by atoms with Crippen molar-refractivity contribution in [3.8, 4) is 0 Å². The van der Waals surface area contributed by atoms with Gasteiger partial charge in [0, 0.05) is 29.0 Å². The van der Waals surface area contributed by atoms with E-state index in [1.165, 1.54) is 51.5 Å². The summed E-state index contributed by atoms with van der Waals surface area (Å²) in [6.45, 7) is 5.91. The Morgan fingerprint density at radius 1 is 1.33 bits per heavy atom. The molecular formula is C18H30N2S. The maximum absolute atomic E-state index is 3.78. The lowest BCUT2D eigenvalue weighted by Gasteiger charge is -2.51. The minimum absolute atomic E-state index is 0.700. The summed E-state index contributed by atoms with van der Waals surface area (Å²) in [5.41, 5.74) is 0. The fourth-order valence-electron chi connectivity index (χ4n) is 4.48. The molecule has 118 valence electrons. The van der Waals surface area contributed by atoms with Crippen LogP contribution in [0.25, 0.3) is 0 Å². The summed E-state index contributed by atoms with van der Waals surface area (Å²) in [6, 6.07) is 7.60. The molecule has 3 unspecified atom stereocenters. The molecule has 0 aromatic carbocycles. The molecule has 2 aliphatic rings. The van der Waals surface area contributed by atoms with Crippen molar-refractivity contribution >= 4 is 11.3 Å². The summed E-state index contributed by atoms with van der Waals surface area (Å²) in [6.07, 6.45) is 9.49. The first-order valence-corrected chi connectivity index (χ1v) is 9.69. The van der Waals surface area contributed by atoms with Crippen molar-refractivity contribution in [2.75, 3.05) is 6.54 Å². The van der Waals surface area contributed by atoms with E-state index in [9.17, 15) is 0 Å². The standard InChI is InChI=1S/C18H30N2S/c1-3-9-19-15-12-16-6-4-7-17(13-15)20(16)14(2)11-18-8-5-10-21-18/h5,8,10,14-17,19H,3-4,6-7,9,11-13H2,1-2H3. The van der Waals surface area contributed by atoms with E-state index in [1.807, 2.05) is 11.3 Å². The molecule has 0 radical (unpaired) electrons. The van der Waals surface area contributed by atoms with Crippen LogP contribution in [0.5, 0.6) is 0 Å². The largest absolute Gasteiger partial charge is 0.314 e. The Kier molecular flexibility index (Phi) is 5.36. The van der Waals surface area contributed by atoms with Crippen molar-refractivity contribution in [2.24, 2.45) is 0 Å². The van der Waals surface area contributed by atoms with Crippen molar-refractivity contribution in [3.63, 3.8) is 0 Å². The molecule has 2 saturated heterocycles. The van der Waals surface area contributed by atoms with Crippen LogP contribution in [0.4, 0.5) is 0 Å². The van der Waals surface area contributed by atoms with Gasteiger partial charge in [-0.25, -0.2) is 0 Å². The molecule has 2 aliphatic heterocycles. The predicted molar refractivity (Wildman–Crippen MR) is 92.1 cm³/mol. The Morgan fingerprint density at radius 2 is 2.10 bits per heavy atom. The normalized spacial score (nSPS) is 31.2. The van der Waals surface area contributed by atoms with E-state index in [0.29, 0.717) is 6.04 Å². The molecule has 1 aromatic rings. The quantitative estimate of drug-likeness (QED) is 0.852. The van der Waals surface area contributed by atoms with Gasteiger partial charge in [-0.15, -0.1) is 11.3 Å². The third-order valence-electron chi connectivity index (χ3n) is 5.30. The Labute approximate surface area is 133 Å². The molecule has 0 aliphatic carbocycles. The summed E-state index contributed by atoms with van der Waals surface area (Å²) < 4.78 is 0. The molecule has 2 nitrogen and oxygen atoms in total. The van der Waals surface area contributed by atoms with Gasteiger partial charge >= 0.3 is 0 Å². The molecule has 3 atom stereocenters. The molecular weight excluding hydrogens is 276 g/mol. The molecule has 2 bridgehead atoms. The molecule has 0 spiro atoms. The van der Waals surface area contributed by atoms with Gasteiger partial charge < -0.3 is 5.32 Å². The minimum Gasteiger partial charge on any atom is -0.314 e. The van der Waals surface area contributed by atoms with Crippen molar-refractivity contribution in [1.29, 1.82) is 0 Å². The van der Waals surface area contributed by atoms with Gasteiger partial charge in [0.15, 0.2) is 0 Å². The van der Waals surface area contributed by atoms with Crippen LogP contribution in [0.2, 0.25) is 0 Å². The summed E-state index contributed by atoms with van der Waals surface area (Å²) in [5, 5.41) is 5.99. The summed E-state index contributed by atoms with van der Waals surface area (Å²) in [5.74, 6) is 0. The lowest BCUT2D eigenvalue weighted by Crippen LogP contribution is -2.59. The van der Waals surface area contributed by atoms with E-state index >= 15 is 0 Å². The minimum atomic E-state index is 0.700. The van der Waals surface area contributed by atoms with Gasteiger partial charge in [-0.1, -0.05) is 19.4 Å². The number of nitrogens with zero attached hydrogens (tertiary/aromatic N) is 1. The third kappa shape index (κ3) is 3.69. The van der Waals surface area contributed by atoms with Crippen molar-refractivity contribution in [1.82, 2.24) is 10.2 Å². The predicted octanol–water partition coefficient (Wildman–Crippen LogP) is 4.06. The van der Waals surface area contributed by atoms with Crippen LogP contribution in [0, 0.1) is 0 Å². The molecule has 0 amide bonds. The van der Waals surface area contributed by atoms with Crippen LogP contribution < -0.4 is 5.32 Å². The number of thiophene rings is 1. The number of fused-ring (bicyclic) bond motifs is 2. The third-order valence-corrected chi connectivity index (χ3v) is 6.20. The Morgan fingerprint density at radius 3 is 2.71 bits per heavy atom. The lowest BCUT2D eigenvalue weighted by molar-refractivity contribution is -0.00489. The molecule has 21 heavy (non-hydrogen) atoms. The smallest absolute Gasteiger partial charge is 0.0121 e. The van der Waals surface area contributed by atoms with Crippen molar-refractivity contribution < 1.29 is 0 Å². The monoisotopic (exact) mass is 306 g/mol. The van der Waals surface area contributed by atoms with E-state index in [4.69, 9.17) is 0 Å². The van der Waals surface area contributed by atoms with E-state index in [0.717, 1.165) is 18.1 Å². The summed E-state index contributed by atoms with van der Waals surface area (Å²) >= 11 is 1.92. The fraction of sp³-hybridized carbons (Fsp3) is 0.778. The van der Waals surface area contributed by atoms with Gasteiger partial charge in [0.2, 0.25) is 0 Å². The average molecular weight is 307 g/mol. The first kappa shape index (κ1) is 15.5. The molecule has 0 saturated carbocycles. The van der Waals surface area contributed by atoms with E-state index in [1.54, 1.807) is 4.88 Å². The highest BCUT2D eigenvalue weighted by Gasteiger charge is 2.40. The van der Waals surface area contributed by atoms with Gasteiger partial charge in [-0.05, 0) is 63.4 Å². The fourth-order valence-corrected chi connectivity index (χ4v) is 5.30. The second-order valence-electron chi connectivity index (χ2n) is 6.94. The maximum Gasteiger partial charge on any atom is 0.0121 e. The number of nitrogens with one attached hydrogen (secondary N) is 1. The second kappa shape index (κ2) is 7.26. The molecule has 3 heterocycles. The molecule has 3 heteroatoms. The first-order valence-electron chi connectivity index (χ1n) is 8.81. The van der Waals surface area contributed by atoms with E-state index in [-0.39, 0.29) is 0 Å². The van der Waals surface area contributed by atoms with Gasteiger partial charge in [0.05, 0.1) is 0 Å². The number of piperidine rings is 2. The number of rotatable bonds is 6. The SMILES string of the molecule is CCCNC1CC2CCCC(C1)N2C(C)Cc1cccs1. The van der Waals surface area contributed by atoms with E-state index in [2.05, 4.69) is 41.6 Å². The second-order valence-corrected chi connectivity index (χ2v) is 7.97. The molecule has 1 N–H and O–H groups in total. The topological polar surface area (TPSA) is 15.3 Å². The van der Waals surface area contributed by atoms with Crippen LogP contribution >= 0.6 is 11.3 Å². The highest BCUT2D eigenvalue weighted by atomic mass is 32.1. The highest BCUT2D eigenvalue weighted by Crippen LogP contribution is 2.36. The molecule has 3 rings (SSSR count). The van der Waals surface area contributed by atoms with Gasteiger partial charge in [0.1, 0.15) is 0 Å². The maximum atomic E-state index is 3.78. The van der Waals surface area contributed by atoms with Crippen LogP contribution in [0.15, 0.2) is 17.5 Å². The van der Waals surface area contributed by atoms with Crippen LogP contribution in [0.3, 0.4) is 0 Å². The zero-order valence-corrected chi connectivity index (χ0v) is 14.4. The van der Waals surface area contributed by atoms with Gasteiger partial charge in [-0.2, -0.15) is 0 Å². The van der Waals surface area contributed by atoms with Crippen molar-refractivity contribution in [3.05, 3.63) is 22.4 Å². The molecule has 2 fully saturated rings. The molecule has 1 aromatic heterocycles. The van der Waals surface area contributed by atoms with Crippen LogP contribution in [-0.4, -0.2) is 35.6 Å². The number of hydrogen-bond donors (Lipinski definition) is 1. The van der Waals surface area contributed by atoms with Gasteiger partial charge in [0.25, 0.3) is 0 Å². The first-order chi connectivity index (χ1) is 10.3. The summed E-state index contributed by atoms with van der Waals surface area (Å²) in [4.78, 5) is 4.43. The Bertz CT molecular complexity index is 403. The number of hydrogen-bond acceptors (Lipinski definition) is 3. The lowest BCUT2D eigenvalue weighted by atomic mass is 9.80.